The van der Waals surface area contributed by atoms with Crippen molar-refractivity contribution in [3.63, 3.8) is 0 Å². The molecule has 8 nitrogen and oxygen atoms in total. The Kier molecular flexibility index (Phi) is 9.70. The molecule has 4 heterocycles. The first kappa shape index (κ1) is 26.8. The van der Waals surface area contributed by atoms with Gasteiger partial charge in [0.25, 0.3) is 0 Å². The zero-order valence-electron chi connectivity index (χ0n) is 21.2. The van der Waals surface area contributed by atoms with Crippen LogP contribution < -0.4 is 10.6 Å². The highest BCUT2D eigenvalue weighted by molar-refractivity contribution is 8.00. The molecule has 0 unspecified atom stereocenters. The first-order valence-electron chi connectivity index (χ1n) is 12.3. The number of fused-ring (bicyclic) bond motifs is 1. The number of nitrogens with zero attached hydrogens (tertiary/aromatic N) is 4. The van der Waals surface area contributed by atoms with Gasteiger partial charge in [0, 0.05) is 64.8 Å². The fraction of sp³-hybridized carbons (Fsp3) is 0.370. The zero-order chi connectivity index (χ0) is 26.0. The number of morpholine rings is 1. The van der Waals surface area contributed by atoms with Crippen molar-refractivity contribution in [2.45, 2.75) is 30.5 Å². The quantitative estimate of drug-likeness (QED) is 0.456. The first-order chi connectivity index (χ1) is 18.0. The molecule has 2 N–H and O–H groups in total. The Hall–Kier alpha value is -3.21. The van der Waals surface area contributed by atoms with Gasteiger partial charge in [-0.1, -0.05) is 18.2 Å². The SMILES string of the molecule is CNC(=O)Nc1ccc(C/C=C\c2ccnc3c2SC3)c(F)c1.Cc1cn(CCN2CCOCC2)cn1.[HH].[HH]. The summed E-state index contributed by atoms with van der Waals surface area (Å²) in [4.78, 5) is 23.3. The van der Waals surface area contributed by atoms with Crippen LogP contribution in [-0.2, 0) is 23.5 Å². The number of allylic oxidation sites excluding steroid dienone is 1. The molecule has 10 heteroatoms. The molecule has 1 saturated heterocycles. The maximum atomic E-state index is 14.1. The number of hydrogen-bond acceptors (Lipinski definition) is 6. The van der Waals surface area contributed by atoms with Crippen LogP contribution in [0, 0.1) is 12.7 Å². The van der Waals surface area contributed by atoms with E-state index in [1.807, 2.05) is 31.5 Å². The van der Waals surface area contributed by atoms with Crippen LogP contribution in [0.2, 0.25) is 0 Å². The predicted molar refractivity (Wildman–Crippen MR) is 149 cm³/mol. The predicted octanol–water partition coefficient (Wildman–Crippen LogP) is 4.85. The summed E-state index contributed by atoms with van der Waals surface area (Å²) in [6, 6.07) is 6.30. The topological polar surface area (TPSA) is 84.3 Å². The van der Waals surface area contributed by atoms with Crippen molar-refractivity contribution in [1.82, 2.24) is 24.8 Å². The lowest BCUT2D eigenvalue weighted by atomic mass is 10.1. The second kappa shape index (κ2) is 13.4. The van der Waals surface area contributed by atoms with E-state index in [1.165, 1.54) is 18.0 Å². The summed E-state index contributed by atoms with van der Waals surface area (Å²) in [6.45, 7) is 8.03. The van der Waals surface area contributed by atoms with Crippen LogP contribution in [0.4, 0.5) is 14.9 Å². The van der Waals surface area contributed by atoms with Crippen molar-refractivity contribution in [3.8, 4) is 0 Å². The standard InChI is InChI=1S/C17H16FN3OS.C10H17N3O.2H2/c1-19-17(22)21-13-6-5-11(14(18)9-13)3-2-4-12-7-8-20-15-10-23-16(12)15;1-10-8-13(9-11-10)3-2-12-4-6-14-7-5-12;;/h2,4-9H,3,10H2,1H3,(H2,19,21,22);8-9H,2-7H2,1H3;2*1H/b4-2-;;;. The summed E-state index contributed by atoms with van der Waals surface area (Å²) < 4.78 is 21.5. The van der Waals surface area contributed by atoms with E-state index >= 15 is 0 Å². The third-order valence-electron chi connectivity index (χ3n) is 6.08. The van der Waals surface area contributed by atoms with Gasteiger partial charge in [-0.05, 0) is 42.7 Å². The maximum absolute atomic E-state index is 14.1. The first-order valence-corrected chi connectivity index (χ1v) is 13.3. The molecular formula is C27H37FN6O2S. The minimum atomic E-state index is -0.370. The number of aryl methyl sites for hydroxylation is 1. The molecule has 2 amide bonds. The smallest absolute Gasteiger partial charge is 0.318 e. The number of amides is 2. The molecule has 0 spiro atoms. The summed E-state index contributed by atoms with van der Waals surface area (Å²) in [7, 11) is 1.51. The Morgan fingerprint density at radius 3 is 2.76 bits per heavy atom. The number of halogens is 1. The molecule has 3 aromatic rings. The Morgan fingerprint density at radius 2 is 2.08 bits per heavy atom. The number of urea groups is 1. The number of nitrogens with one attached hydrogen (secondary N) is 2. The molecule has 2 aromatic heterocycles. The zero-order valence-corrected chi connectivity index (χ0v) is 22.1. The number of imidazole rings is 1. The molecular weight excluding hydrogens is 491 g/mol. The van der Waals surface area contributed by atoms with Crippen molar-refractivity contribution in [2.75, 3.05) is 45.2 Å². The van der Waals surface area contributed by atoms with E-state index in [4.69, 9.17) is 4.74 Å². The summed E-state index contributed by atoms with van der Waals surface area (Å²) in [5, 5.41) is 4.97. The number of hydrogen-bond donors (Lipinski definition) is 2. The van der Waals surface area contributed by atoms with Gasteiger partial charge in [0.1, 0.15) is 5.82 Å². The number of thioether (sulfide) groups is 1. The summed E-state index contributed by atoms with van der Waals surface area (Å²) in [5.74, 6) is 0.631. The van der Waals surface area contributed by atoms with Gasteiger partial charge in [0.15, 0.2) is 0 Å². The van der Waals surface area contributed by atoms with Gasteiger partial charge >= 0.3 is 6.03 Å². The van der Waals surface area contributed by atoms with Crippen LogP contribution in [-0.4, -0.2) is 65.4 Å². The van der Waals surface area contributed by atoms with E-state index in [-0.39, 0.29) is 14.7 Å². The van der Waals surface area contributed by atoms with E-state index in [0.29, 0.717) is 17.7 Å². The number of ether oxygens (including phenoxy) is 1. The minimum absolute atomic E-state index is 0. The fourth-order valence-electron chi connectivity index (χ4n) is 3.94. The largest absolute Gasteiger partial charge is 0.379 e. The van der Waals surface area contributed by atoms with Crippen molar-refractivity contribution < 1.29 is 16.8 Å². The molecule has 0 atom stereocenters. The normalized spacial score (nSPS) is 14.9. The molecule has 0 bridgehead atoms. The highest BCUT2D eigenvalue weighted by atomic mass is 32.2. The fourth-order valence-corrected chi connectivity index (χ4v) is 4.79. The lowest BCUT2D eigenvalue weighted by Crippen LogP contribution is -2.38. The number of anilines is 1. The highest BCUT2D eigenvalue weighted by Gasteiger charge is 2.17. The third-order valence-corrected chi connectivity index (χ3v) is 7.25. The van der Waals surface area contributed by atoms with E-state index in [1.54, 1.807) is 30.1 Å². The molecule has 37 heavy (non-hydrogen) atoms. The van der Waals surface area contributed by atoms with Crippen molar-refractivity contribution in [1.29, 1.82) is 0 Å². The number of pyridine rings is 1. The molecule has 0 aliphatic carbocycles. The van der Waals surface area contributed by atoms with Crippen LogP contribution in [0.25, 0.3) is 6.08 Å². The Labute approximate surface area is 224 Å². The third kappa shape index (κ3) is 7.88. The number of carbonyl (C=O) groups excluding carboxylic acids is 1. The number of aromatic nitrogens is 3. The lowest BCUT2D eigenvalue weighted by molar-refractivity contribution is 0.0364. The van der Waals surface area contributed by atoms with E-state index in [2.05, 4.69) is 36.3 Å². The van der Waals surface area contributed by atoms with Crippen molar-refractivity contribution in [2.24, 2.45) is 0 Å². The number of benzene rings is 1. The van der Waals surface area contributed by atoms with Crippen LogP contribution in [0.3, 0.4) is 0 Å². The molecule has 1 fully saturated rings. The average molecular weight is 529 g/mol. The van der Waals surface area contributed by atoms with Gasteiger partial charge in [0.2, 0.25) is 0 Å². The molecule has 0 saturated carbocycles. The minimum Gasteiger partial charge on any atom is -0.379 e. The van der Waals surface area contributed by atoms with E-state index < -0.39 is 0 Å². The van der Waals surface area contributed by atoms with Gasteiger partial charge in [-0.2, -0.15) is 0 Å². The van der Waals surface area contributed by atoms with Crippen LogP contribution in [0.15, 0.2) is 54.0 Å². The average Bonchev–Trinajstić information content (AvgIpc) is 3.31. The van der Waals surface area contributed by atoms with Crippen LogP contribution in [0.5, 0.6) is 0 Å². The van der Waals surface area contributed by atoms with Crippen molar-refractivity contribution >= 4 is 29.6 Å². The van der Waals surface area contributed by atoms with Gasteiger partial charge in [-0.15, -0.1) is 11.8 Å². The van der Waals surface area contributed by atoms with E-state index in [0.717, 1.165) is 62.1 Å². The second-order valence-corrected chi connectivity index (χ2v) is 9.77. The van der Waals surface area contributed by atoms with Gasteiger partial charge in [-0.25, -0.2) is 14.2 Å². The second-order valence-electron chi connectivity index (χ2n) is 8.79. The van der Waals surface area contributed by atoms with Gasteiger partial charge < -0.3 is 19.9 Å². The number of rotatable bonds is 7. The molecule has 0 radical (unpaired) electrons. The summed E-state index contributed by atoms with van der Waals surface area (Å²) in [5.41, 5.74) is 4.37. The molecule has 5 rings (SSSR count). The summed E-state index contributed by atoms with van der Waals surface area (Å²) >= 11 is 1.78. The number of carbonyl (C=O) groups is 1. The highest BCUT2D eigenvalue weighted by Crippen LogP contribution is 2.39. The molecule has 2 aliphatic rings. The van der Waals surface area contributed by atoms with Gasteiger partial charge in [-0.3, -0.25) is 9.88 Å². The Bertz CT molecular complexity index is 1240. The Morgan fingerprint density at radius 1 is 1.24 bits per heavy atom. The lowest BCUT2D eigenvalue weighted by Gasteiger charge is -2.26. The Balaban J connectivity index is 0.000000288. The van der Waals surface area contributed by atoms with E-state index in [9.17, 15) is 9.18 Å². The molecule has 200 valence electrons. The van der Waals surface area contributed by atoms with Crippen LogP contribution >= 0.6 is 11.8 Å². The molecule has 2 aliphatic heterocycles. The monoisotopic (exact) mass is 528 g/mol. The van der Waals surface area contributed by atoms with Crippen molar-refractivity contribution in [3.05, 3.63) is 77.4 Å². The van der Waals surface area contributed by atoms with Gasteiger partial charge in [0.05, 0.1) is 30.9 Å². The summed E-state index contributed by atoms with van der Waals surface area (Å²) in [6.07, 6.45) is 10.2. The maximum Gasteiger partial charge on any atom is 0.318 e. The molecule has 1 aromatic carbocycles. The van der Waals surface area contributed by atoms with Crippen LogP contribution in [0.1, 0.15) is 25.4 Å².